The van der Waals surface area contributed by atoms with Gasteiger partial charge in [0.25, 0.3) is 0 Å². The Bertz CT molecular complexity index is 1120. The molecule has 32 heavy (non-hydrogen) atoms. The molecule has 0 unspecified atom stereocenters. The van der Waals surface area contributed by atoms with Crippen LogP contribution in [0.5, 0.6) is 5.75 Å². The predicted octanol–water partition coefficient (Wildman–Crippen LogP) is 4.84. The summed E-state index contributed by atoms with van der Waals surface area (Å²) in [7, 11) is 3.94. The van der Waals surface area contributed by atoms with Crippen molar-refractivity contribution in [1.82, 2.24) is 14.8 Å². The van der Waals surface area contributed by atoms with Crippen LogP contribution in [0.25, 0.3) is 0 Å². The Kier molecular flexibility index (Phi) is 5.85. The molecule has 0 spiro atoms. The van der Waals surface area contributed by atoms with Gasteiger partial charge in [0.2, 0.25) is 0 Å². The lowest BCUT2D eigenvalue weighted by atomic mass is 10.0. The maximum atomic E-state index is 5.29. The Morgan fingerprint density at radius 1 is 1.12 bits per heavy atom. The van der Waals surface area contributed by atoms with Crippen LogP contribution in [0.2, 0.25) is 0 Å². The van der Waals surface area contributed by atoms with Crippen molar-refractivity contribution >= 4 is 33.5 Å². The third kappa shape index (κ3) is 4.23. The smallest absolute Gasteiger partial charge is 0.158 e. The molecule has 0 saturated carbocycles. The van der Waals surface area contributed by atoms with Crippen LogP contribution in [0, 0.1) is 6.92 Å². The van der Waals surface area contributed by atoms with Gasteiger partial charge in [0.1, 0.15) is 16.4 Å². The Morgan fingerprint density at radius 3 is 2.75 bits per heavy atom. The number of nitrogens with one attached hydrogen (secondary N) is 1. The highest BCUT2D eigenvalue weighted by atomic mass is 32.1. The van der Waals surface area contributed by atoms with Crippen LogP contribution >= 0.6 is 11.3 Å². The number of aryl methyl sites for hydroxylation is 2. The number of hydrogen-bond donors (Lipinski definition) is 1. The number of piperazine rings is 1. The van der Waals surface area contributed by atoms with E-state index in [1.165, 1.54) is 5.56 Å². The normalized spacial score (nSPS) is 18.3. The largest absolute Gasteiger partial charge is 0.497 e. The zero-order chi connectivity index (χ0) is 22.1. The molecule has 6 nitrogen and oxygen atoms in total. The minimum absolute atomic E-state index is 0.461. The molecule has 2 aliphatic rings. The Morgan fingerprint density at radius 2 is 1.94 bits per heavy atom. The molecule has 1 atom stereocenters. The molecular formula is C25H29N5OS. The standard InChI is InChI=1S/C25H29N5OS/c1-17-26-23-24(27-21-6-4-5-7-22(21)28-25(23)32-17)30-15-14-29(2)19(16-30)11-8-18-9-12-20(31-3)13-10-18/h4-7,9-10,12-13,19,28H,8,11,14-16H2,1-3H3/t19-/m0/s1. The summed E-state index contributed by atoms with van der Waals surface area (Å²) in [4.78, 5) is 14.9. The van der Waals surface area contributed by atoms with Gasteiger partial charge in [-0.3, -0.25) is 4.90 Å². The number of likely N-dealkylation sites (N-methyl/N-ethyl adjacent to an activating group) is 1. The second-order valence-electron chi connectivity index (χ2n) is 8.46. The summed E-state index contributed by atoms with van der Waals surface area (Å²) in [5, 5.41) is 5.70. The maximum Gasteiger partial charge on any atom is 0.158 e. The minimum atomic E-state index is 0.461. The van der Waals surface area contributed by atoms with Crippen molar-refractivity contribution in [1.29, 1.82) is 0 Å². The van der Waals surface area contributed by atoms with Gasteiger partial charge >= 0.3 is 0 Å². The number of nitrogens with zero attached hydrogens (tertiary/aromatic N) is 4. The van der Waals surface area contributed by atoms with Gasteiger partial charge in [-0.1, -0.05) is 24.3 Å². The summed E-state index contributed by atoms with van der Waals surface area (Å²) in [5.74, 6) is 1.90. The average molecular weight is 448 g/mol. The average Bonchev–Trinajstić information content (AvgIpc) is 3.10. The van der Waals surface area contributed by atoms with Crippen molar-refractivity contribution in [3.05, 3.63) is 64.8 Å². The molecule has 2 aromatic carbocycles. The SMILES string of the molecule is COc1ccc(CC[C@H]2CN(C3=Nc4ccccc4Nc4sc(C)nc43)CCN2C)cc1. The van der Waals surface area contributed by atoms with Crippen LogP contribution in [-0.4, -0.2) is 60.5 Å². The molecule has 3 aromatic rings. The van der Waals surface area contributed by atoms with E-state index in [-0.39, 0.29) is 0 Å². The van der Waals surface area contributed by atoms with Crippen LogP contribution < -0.4 is 10.1 Å². The number of hydrogen-bond acceptors (Lipinski definition) is 7. The zero-order valence-corrected chi connectivity index (χ0v) is 19.7. The number of para-hydroxylation sites is 2. The number of aliphatic imine (C=N–C) groups is 1. The zero-order valence-electron chi connectivity index (χ0n) is 18.8. The van der Waals surface area contributed by atoms with Crippen LogP contribution in [0.1, 0.15) is 22.7 Å². The van der Waals surface area contributed by atoms with Crippen LogP contribution in [0.15, 0.2) is 53.5 Å². The quantitative estimate of drug-likeness (QED) is 0.620. The first-order chi connectivity index (χ1) is 15.6. The van der Waals surface area contributed by atoms with Gasteiger partial charge in [-0.15, -0.1) is 11.3 Å². The van der Waals surface area contributed by atoms with E-state index in [4.69, 9.17) is 14.7 Å². The summed E-state index contributed by atoms with van der Waals surface area (Å²) in [6.45, 7) is 4.97. The lowest BCUT2D eigenvalue weighted by molar-refractivity contribution is 0.134. The van der Waals surface area contributed by atoms with Crippen molar-refractivity contribution in [2.45, 2.75) is 25.8 Å². The Balaban J connectivity index is 1.38. The lowest BCUT2D eigenvalue weighted by Crippen LogP contribution is -2.53. The van der Waals surface area contributed by atoms with Gasteiger partial charge in [0.05, 0.1) is 23.5 Å². The molecular weight excluding hydrogens is 418 g/mol. The predicted molar refractivity (Wildman–Crippen MR) is 132 cm³/mol. The first-order valence-corrected chi connectivity index (χ1v) is 11.9. The molecule has 5 rings (SSSR count). The van der Waals surface area contributed by atoms with Crippen molar-refractivity contribution < 1.29 is 4.74 Å². The Hall–Kier alpha value is -2.90. The van der Waals surface area contributed by atoms with Gasteiger partial charge < -0.3 is 15.0 Å². The summed E-state index contributed by atoms with van der Waals surface area (Å²) in [6.07, 6.45) is 2.15. The molecule has 0 amide bonds. The van der Waals surface area contributed by atoms with Crippen molar-refractivity contribution in [3.8, 4) is 5.75 Å². The maximum absolute atomic E-state index is 5.29. The molecule has 166 valence electrons. The molecule has 3 heterocycles. The molecule has 0 aliphatic carbocycles. The fourth-order valence-electron chi connectivity index (χ4n) is 4.43. The van der Waals surface area contributed by atoms with E-state index in [1.54, 1.807) is 18.4 Å². The summed E-state index contributed by atoms with van der Waals surface area (Å²) in [6, 6.07) is 17.1. The molecule has 0 radical (unpaired) electrons. The van der Waals surface area contributed by atoms with E-state index in [1.807, 2.05) is 24.3 Å². The number of rotatable bonds is 4. The van der Waals surface area contributed by atoms with Crippen molar-refractivity contribution in [2.75, 3.05) is 39.1 Å². The van der Waals surface area contributed by atoms with E-state index >= 15 is 0 Å². The topological polar surface area (TPSA) is 53.0 Å². The minimum Gasteiger partial charge on any atom is -0.497 e. The van der Waals surface area contributed by atoms with Gasteiger partial charge in [0.15, 0.2) is 5.84 Å². The number of fused-ring (bicyclic) bond motifs is 2. The third-order valence-corrected chi connectivity index (χ3v) is 7.21. The second kappa shape index (κ2) is 8.92. The van der Waals surface area contributed by atoms with Crippen molar-refractivity contribution in [2.24, 2.45) is 4.99 Å². The van der Waals surface area contributed by atoms with Gasteiger partial charge in [-0.2, -0.15) is 0 Å². The molecule has 7 heteroatoms. The van der Waals surface area contributed by atoms with E-state index in [2.05, 4.69) is 53.4 Å². The highest BCUT2D eigenvalue weighted by Crippen LogP contribution is 2.37. The van der Waals surface area contributed by atoms with Crippen LogP contribution in [0.4, 0.5) is 16.4 Å². The van der Waals surface area contributed by atoms with Gasteiger partial charge in [0, 0.05) is 25.7 Å². The number of benzene rings is 2. The number of aromatic nitrogens is 1. The van der Waals surface area contributed by atoms with Crippen LogP contribution in [0.3, 0.4) is 0 Å². The lowest BCUT2D eigenvalue weighted by Gasteiger charge is -2.40. The Labute approximate surface area is 193 Å². The third-order valence-electron chi connectivity index (χ3n) is 6.33. The summed E-state index contributed by atoms with van der Waals surface area (Å²) in [5.41, 5.74) is 4.33. The molecule has 1 aromatic heterocycles. The second-order valence-corrected chi connectivity index (χ2v) is 9.66. The highest BCUT2D eigenvalue weighted by molar-refractivity contribution is 7.16. The molecule has 0 bridgehead atoms. The van der Waals surface area contributed by atoms with E-state index in [0.29, 0.717) is 6.04 Å². The van der Waals surface area contributed by atoms with E-state index in [0.717, 1.165) is 71.1 Å². The number of ether oxygens (including phenoxy) is 1. The van der Waals surface area contributed by atoms with E-state index < -0.39 is 0 Å². The first kappa shape index (κ1) is 21.0. The first-order valence-electron chi connectivity index (χ1n) is 11.1. The number of methoxy groups -OCH3 is 1. The number of thiazole rings is 1. The van der Waals surface area contributed by atoms with Gasteiger partial charge in [-0.25, -0.2) is 9.98 Å². The summed E-state index contributed by atoms with van der Waals surface area (Å²) >= 11 is 1.70. The summed E-state index contributed by atoms with van der Waals surface area (Å²) < 4.78 is 5.29. The monoisotopic (exact) mass is 447 g/mol. The van der Waals surface area contributed by atoms with Crippen LogP contribution in [-0.2, 0) is 6.42 Å². The molecule has 1 saturated heterocycles. The van der Waals surface area contributed by atoms with Crippen molar-refractivity contribution in [3.63, 3.8) is 0 Å². The highest BCUT2D eigenvalue weighted by Gasteiger charge is 2.30. The number of anilines is 2. The fraction of sp³-hybridized carbons (Fsp3) is 0.360. The number of amidine groups is 1. The van der Waals surface area contributed by atoms with Gasteiger partial charge in [-0.05, 0) is 56.6 Å². The molecule has 1 fully saturated rings. The molecule has 2 aliphatic heterocycles. The molecule has 1 N–H and O–H groups in total. The van der Waals surface area contributed by atoms with E-state index in [9.17, 15) is 0 Å². The fourth-order valence-corrected chi connectivity index (χ4v) is 5.25.